The predicted molar refractivity (Wildman–Crippen MR) is 213 cm³/mol. The molecule has 15 nitrogen and oxygen atoms in total. The standard InChI is InChI=1S/C23H26N6O2.C16H18ClN5O2/c1-15-17(7-6-8-18(15)24)19-13-20(23(31)28(2)27-19)26-21-10-9-16(14-25-21)22(30)29-11-4-3-5-12-29;1-21-16(24)12(9-13(17)20-21)19-14-6-5-11(10-18-14)15(23)22-7-3-2-4-8-22/h6-10,13-14H,3-5,11-12,24H2,1-2H3,(H,25,26);5-6,9-10H,2-4,7-8H2,1H3,(H,18,19). The highest BCUT2D eigenvalue weighted by Crippen LogP contribution is 2.27. The monoisotopic (exact) mass is 765 g/mol. The fraction of sp³-hybridized carbons (Fsp3) is 0.333. The van der Waals surface area contributed by atoms with Gasteiger partial charge in [-0.2, -0.15) is 10.2 Å². The van der Waals surface area contributed by atoms with Gasteiger partial charge in [-0.25, -0.2) is 19.3 Å². The number of pyridine rings is 2. The van der Waals surface area contributed by atoms with Crippen molar-refractivity contribution in [3.63, 3.8) is 0 Å². The van der Waals surface area contributed by atoms with Crippen LogP contribution in [0.15, 0.2) is 76.6 Å². The predicted octanol–water partition coefficient (Wildman–Crippen LogP) is 5.30. The fourth-order valence-electron chi connectivity index (χ4n) is 6.45. The van der Waals surface area contributed by atoms with Crippen LogP contribution in [0, 0.1) is 6.92 Å². The molecule has 0 unspecified atom stereocenters. The van der Waals surface area contributed by atoms with Crippen LogP contribution in [0.5, 0.6) is 0 Å². The summed E-state index contributed by atoms with van der Waals surface area (Å²) in [5.74, 6) is 0.938. The normalized spacial score (nSPS) is 14.1. The lowest BCUT2D eigenvalue weighted by Gasteiger charge is -2.26. The van der Waals surface area contributed by atoms with Gasteiger partial charge in [-0.3, -0.25) is 19.2 Å². The number of aromatic nitrogens is 6. The van der Waals surface area contributed by atoms with E-state index in [4.69, 9.17) is 17.3 Å². The number of nitrogens with one attached hydrogen (secondary N) is 2. The lowest BCUT2D eigenvalue weighted by molar-refractivity contribution is 0.0716. The fourth-order valence-corrected chi connectivity index (χ4v) is 6.67. The molecule has 2 aliphatic heterocycles. The Morgan fingerprint density at radius 1 is 0.691 bits per heavy atom. The van der Waals surface area contributed by atoms with Gasteiger partial charge in [-0.15, -0.1) is 0 Å². The van der Waals surface area contributed by atoms with Crippen LogP contribution in [-0.2, 0) is 14.1 Å². The molecule has 286 valence electrons. The smallest absolute Gasteiger partial charge is 0.290 e. The maximum absolute atomic E-state index is 12.6. The molecule has 4 N–H and O–H groups in total. The molecule has 16 heteroatoms. The van der Waals surface area contributed by atoms with Gasteiger partial charge in [0.2, 0.25) is 0 Å². The molecule has 4 aromatic heterocycles. The summed E-state index contributed by atoms with van der Waals surface area (Å²) in [7, 11) is 3.12. The molecule has 0 atom stereocenters. The molecule has 0 spiro atoms. The lowest BCUT2D eigenvalue weighted by Crippen LogP contribution is -2.35. The third kappa shape index (κ3) is 9.35. The highest BCUT2D eigenvalue weighted by atomic mass is 35.5. The van der Waals surface area contributed by atoms with Gasteiger partial charge in [-0.1, -0.05) is 23.7 Å². The number of halogens is 1. The number of rotatable bonds is 7. The van der Waals surface area contributed by atoms with Crippen LogP contribution in [0.2, 0.25) is 5.15 Å². The Kier molecular flexibility index (Phi) is 12.2. The largest absolute Gasteiger partial charge is 0.398 e. The SMILES string of the molecule is Cc1c(N)cccc1-c1cc(Nc2ccc(C(=O)N3CCCCC3)cn2)c(=O)n(C)n1.Cn1nc(Cl)cc(Nc2ccc(C(=O)N3CCCCC3)cn2)c1=O. The summed E-state index contributed by atoms with van der Waals surface area (Å²) < 4.78 is 2.44. The second-order valence-electron chi connectivity index (χ2n) is 13.5. The summed E-state index contributed by atoms with van der Waals surface area (Å²) in [6, 6.07) is 15.6. The van der Waals surface area contributed by atoms with Crippen LogP contribution in [0.1, 0.15) is 64.8 Å². The van der Waals surface area contributed by atoms with E-state index in [1.807, 2.05) is 34.9 Å². The number of anilines is 5. The van der Waals surface area contributed by atoms with Crippen molar-refractivity contribution in [2.24, 2.45) is 14.1 Å². The van der Waals surface area contributed by atoms with Crippen molar-refractivity contribution in [1.82, 2.24) is 39.3 Å². The maximum Gasteiger partial charge on any atom is 0.290 e. The van der Waals surface area contributed by atoms with E-state index >= 15 is 0 Å². The van der Waals surface area contributed by atoms with Gasteiger partial charge in [0.25, 0.3) is 22.9 Å². The third-order valence-corrected chi connectivity index (χ3v) is 9.77. The minimum absolute atomic E-state index is 0.00185. The van der Waals surface area contributed by atoms with E-state index in [2.05, 4.69) is 30.8 Å². The van der Waals surface area contributed by atoms with Crippen molar-refractivity contribution >= 4 is 52.1 Å². The summed E-state index contributed by atoms with van der Waals surface area (Å²) in [5, 5.41) is 14.4. The maximum atomic E-state index is 12.6. The number of nitrogens with two attached hydrogens (primary N) is 1. The molecule has 2 amide bonds. The molecule has 6 heterocycles. The van der Waals surface area contributed by atoms with Crippen molar-refractivity contribution < 1.29 is 9.59 Å². The first kappa shape index (κ1) is 38.6. The number of piperidine rings is 2. The van der Waals surface area contributed by atoms with Gasteiger partial charge in [0.05, 0.1) is 16.8 Å². The molecule has 1 aromatic carbocycles. The van der Waals surface area contributed by atoms with Gasteiger partial charge in [0.15, 0.2) is 5.15 Å². The molecule has 2 fully saturated rings. The Morgan fingerprint density at radius 3 is 1.67 bits per heavy atom. The first-order valence-corrected chi connectivity index (χ1v) is 18.6. The summed E-state index contributed by atoms with van der Waals surface area (Å²) >= 11 is 5.86. The van der Waals surface area contributed by atoms with Crippen molar-refractivity contribution in [3.8, 4) is 11.3 Å². The second kappa shape index (κ2) is 17.4. The average Bonchev–Trinajstić information content (AvgIpc) is 3.20. The highest BCUT2D eigenvalue weighted by Gasteiger charge is 2.20. The number of likely N-dealkylation sites (tertiary alicyclic amines) is 2. The molecule has 5 aromatic rings. The van der Waals surface area contributed by atoms with Crippen LogP contribution < -0.4 is 27.5 Å². The van der Waals surface area contributed by atoms with Crippen LogP contribution in [0.4, 0.5) is 28.7 Å². The lowest BCUT2D eigenvalue weighted by atomic mass is 10.0. The van der Waals surface area contributed by atoms with Crippen LogP contribution >= 0.6 is 11.6 Å². The zero-order valence-corrected chi connectivity index (χ0v) is 31.8. The first-order chi connectivity index (χ1) is 26.5. The number of nitrogens with zero attached hydrogens (tertiary/aromatic N) is 8. The number of nitrogen functional groups attached to an aromatic ring is 1. The van der Waals surface area contributed by atoms with E-state index in [0.717, 1.165) is 67.7 Å². The number of amides is 2. The van der Waals surface area contributed by atoms with E-state index in [9.17, 15) is 19.2 Å². The molecule has 0 aliphatic carbocycles. The number of carbonyl (C=O) groups is 2. The highest BCUT2D eigenvalue weighted by molar-refractivity contribution is 6.29. The molecule has 0 bridgehead atoms. The number of aryl methyl sites for hydroxylation is 2. The van der Waals surface area contributed by atoms with Crippen LogP contribution in [-0.4, -0.2) is 77.3 Å². The Hall–Kier alpha value is -6.09. The van der Waals surface area contributed by atoms with Crippen LogP contribution in [0.25, 0.3) is 11.3 Å². The van der Waals surface area contributed by atoms with Crippen LogP contribution in [0.3, 0.4) is 0 Å². The van der Waals surface area contributed by atoms with E-state index < -0.39 is 0 Å². The van der Waals surface area contributed by atoms with E-state index in [1.165, 1.54) is 36.8 Å². The van der Waals surface area contributed by atoms with Gasteiger partial charge in [0, 0.05) is 70.0 Å². The van der Waals surface area contributed by atoms with E-state index in [-0.39, 0.29) is 33.8 Å². The van der Waals surface area contributed by atoms with E-state index in [0.29, 0.717) is 39.8 Å². The van der Waals surface area contributed by atoms with E-state index in [1.54, 1.807) is 43.6 Å². The number of benzene rings is 1. The quantitative estimate of drug-likeness (QED) is 0.183. The first-order valence-electron chi connectivity index (χ1n) is 18.2. The third-order valence-electron chi connectivity index (χ3n) is 9.58. The van der Waals surface area contributed by atoms with Gasteiger partial charge < -0.3 is 26.2 Å². The van der Waals surface area contributed by atoms with Gasteiger partial charge >= 0.3 is 0 Å². The Bertz CT molecular complexity index is 2280. The summed E-state index contributed by atoms with van der Waals surface area (Å²) in [4.78, 5) is 61.9. The molecule has 7 rings (SSSR count). The van der Waals surface area contributed by atoms with Gasteiger partial charge in [0.1, 0.15) is 23.0 Å². The minimum atomic E-state index is -0.310. The molecule has 0 radical (unpaired) electrons. The molecule has 55 heavy (non-hydrogen) atoms. The Balaban J connectivity index is 0.000000193. The summed E-state index contributed by atoms with van der Waals surface area (Å²) in [6.45, 7) is 5.09. The molecular weight excluding hydrogens is 722 g/mol. The summed E-state index contributed by atoms with van der Waals surface area (Å²) in [5.41, 5.74) is 10.2. The Morgan fingerprint density at radius 2 is 1.18 bits per heavy atom. The summed E-state index contributed by atoms with van der Waals surface area (Å²) in [6.07, 6.45) is 9.59. The average molecular weight is 766 g/mol. The Labute approximate surface area is 323 Å². The minimum Gasteiger partial charge on any atom is -0.398 e. The zero-order chi connectivity index (χ0) is 39.1. The number of hydrogen-bond donors (Lipinski definition) is 3. The zero-order valence-electron chi connectivity index (χ0n) is 31.1. The van der Waals surface area contributed by atoms with Crippen molar-refractivity contribution in [1.29, 1.82) is 0 Å². The number of hydrogen-bond acceptors (Lipinski definition) is 11. The number of carbonyl (C=O) groups excluding carboxylic acids is 2. The van der Waals surface area contributed by atoms with Gasteiger partial charge in [-0.05, 0) is 87.4 Å². The molecule has 0 saturated carbocycles. The molecule has 2 saturated heterocycles. The van der Waals surface area contributed by atoms with Crippen molar-refractivity contribution in [2.75, 3.05) is 42.5 Å². The topological polar surface area (TPSA) is 186 Å². The van der Waals surface area contributed by atoms with Crippen molar-refractivity contribution in [2.45, 2.75) is 45.4 Å². The molecule has 2 aliphatic rings. The van der Waals surface area contributed by atoms with Crippen molar-refractivity contribution in [3.05, 3.63) is 110 Å². The molecular formula is C39H44ClN11O4. The second-order valence-corrected chi connectivity index (χ2v) is 13.9.